The van der Waals surface area contributed by atoms with E-state index in [4.69, 9.17) is 4.74 Å². The Morgan fingerprint density at radius 1 is 0.667 bits per heavy atom. The van der Waals surface area contributed by atoms with Gasteiger partial charge in [0.25, 0.3) is 0 Å². The molecule has 0 aromatic carbocycles. The number of rotatable bonds is 0. The van der Waals surface area contributed by atoms with Crippen LogP contribution in [0.2, 0.25) is 0 Å². The number of hydrogen-bond acceptors (Lipinski definition) is 1. The van der Waals surface area contributed by atoms with Gasteiger partial charge in [-0.3, -0.25) is 0 Å². The van der Waals surface area contributed by atoms with Crippen LogP contribution in [0.1, 0.15) is 112 Å². The van der Waals surface area contributed by atoms with E-state index in [1.165, 1.54) is 77.0 Å². The third-order valence-corrected chi connectivity index (χ3v) is 12.9. The molecule has 5 aliphatic carbocycles. The highest BCUT2D eigenvalue weighted by atomic mass is 16.5. The van der Waals surface area contributed by atoms with Crippen LogP contribution in [0.25, 0.3) is 0 Å². The number of fused-ring (bicyclic) bond motifs is 7. The Labute approximate surface area is 186 Å². The van der Waals surface area contributed by atoms with E-state index in [9.17, 15) is 0 Å². The monoisotopic (exact) mass is 412 g/mol. The predicted octanol–water partition coefficient (Wildman–Crippen LogP) is 7.88. The van der Waals surface area contributed by atoms with Crippen LogP contribution in [-0.2, 0) is 4.74 Å². The van der Waals surface area contributed by atoms with Gasteiger partial charge in [0, 0.05) is 0 Å². The zero-order chi connectivity index (χ0) is 20.9. The van der Waals surface area contributed by atoms with E-state index in [1.807, 2.05) is 0 Å². The summed E-state index contributed by atoms with van der Waals surface area (Å²) in [7, 11) is 0. The minimum Gasteiger partial charge on any atom is -0.371 e. The first-order valence-electron chi connectivity index (χ1n) is 13.9. The highest BCUT2D eigenvalue weighted by Crippen LogP contribution is 2.71. The first-order chi connectivity index (χ1) is 14.3. The largest absolute Gasteiger partial charge is 0.371 e. The molecule has 1 spiro atoms. The molecule has 0 aromatic heterocycles. The lowest BCUT2D eigenvalue weighted by Crippen LogP contribution is -2.54. The molecule has 10 atom stereocenters. The molecule has 0 aromatic rings. The summed E-state index contributed by atoms with van der Waals surface area (Å²) in [5, 5.41) is 0. The number of ether oxygens (including phenoxy) is 1. The summed E-state index contributed by atoms with van der Waals surface area (Å²) in [5.41, 5.74) is 1.46. The van der Waals surface area contributed by atoms with Gasteiger partial charge in [0.05, 0.1) is 11.7 Å². The zero-order valence-electron chi connectivity index (χ0n) is 20.6. The van der Waals surface area contributed by atoms with Gasteiger partial charge in [-0.05, 0) is 129 Å². The van der Waals surface area contributed by atoms with Gasteiger partial charge in [-0.1, -0.05) is 41.0 Å². The average Bonchev–Trinajstić information content (AvgIpc) is 3.16. The van der Waals surface area contributed by atoms with Gasteiger partial charge in [-0.2, -0.15) is 0 Å². The summed E-state index contributed by atoms with van der Waals surface area (Å²) in [5.74, 6) is 7.50. The average molecular weight is 413 g/mol. The predicted molar refractivity (Wildman–Crippen MR) is 124 cm³/mol. The Morgan fingerprint density at radius 2 is 1.37 bits per heavy atom. The van der Waals surface area contributed by atoms with E-state index < -0.39 is 0 Å². The molecule has 1 heteroatoms. The van der Waals surface area contributed by atoms with Crippen LogP contribution in [0.4, 0.5) is 0 Å². The SMILES string of the molecule is CC1CC[C@@]2(C)[C@H](CC[C@@H]3[C@@H]2CC[C@]2(C)[C@@H]4[C@H](C[C@@H]32)O[C@]2(CC[C@H](C)CC2)[C@H]4C)C1. The van der Waals surface area contributed by atoms with Crippen LogP contribution in [-0.4, -0.2) is 11.7 Å². The maximum atomic E-state index is 7.16. The Hall–Kier alpha value is -0.0400. The highest BCUT2D eigenvalue weighted by Gasteiger charge is 2.68. The minimum absolute atomic E-state index is 0.246. The molecule has 0 radical (unpaired) electrons. The first kappa shape index (κ1) is 20.6. The topological polar surface area (TPSA) is 9.23 Å². The van der Waals surface area contributed by atoms with Crippen molar-refractivity contribution in [3.8, 4) is 0 Å². The van der Waals surface area contributed by atoms with Crippen LogP contribution >= 0.6 is 0 Å². The fraction of sp³-hybridized carbons (Fsp3) is 1.00. The standard InChI is InChI=1S/C29H48O/c1-18-9-14-29(15-10-18)20(3)26-25(30-29)17-24-22-7-6-21-16-19(2)8-12-27(21,4)23(22)11-13-28(24,26)5/h18-26H,6-17H2,1-5H3/t18-,19?,20-,21+,22+,23-,24-,25-,26-,27-,28-,29-/m0/s1. The van der Waals surface area contributed by atoms with Crippen LogP contribution in [0.15, 0.2) is 0 Å². The summed E-state index contributed by atoms with van der Waals surface area (Å²) in [6.07, 6.45) is 18.1. The van der Waals surface area contributed by atoms with Gasteiger partial charge in [0.1, 0.15) is 0 Å². The Bertz CT molecular complexity index is 676. The van der Waals surface area contributed by atoms with Gasteiger partial charge in [-0.25, -0.2) is 0 Å². The lowest BCUT2D eigenvalue weighted by molar-refractivity contribution is -0.130. The van der Waals surface area contributed by atoms with Gasteiger partial charge < -0.3 is 4.74 Å². The molecule has 170 valence electrons. The van der Waals surface area contributed by atoms with Crippen molar-refractivity contribution in [2.24, 2.45) is 58.2 Å². The molecule has 0 bridgehead atoms. The second-order valence-electron chi connectivity index (χ2n) is 14.0. The summed E-state index contributed by atoms with van der Waals surface area (Å²) in [6, 6.07) is 0. The molecule has 30 heavy (non-hydrogen) atoms. The van der Waals surface area contributed by atoms with Crippen LogP contribution in [0.3, 0.4) is 0 Å². The molecular formula is C29H48O. The molecule has 1 unspecified atom stereocenters. The van der Waals surface area contributed by atoms with E-state index in [-0.39, 0.29) is 5.60 Å². The number of hydrogen-bond donors (Lipinski definition) is 0. The quantitative estimate of drug-likeness (QED) is 0.393. The lowest BCUT2D eigenvalue weighted by Gasteiger charge is -2.61. The molecule has 1 heterocycles. The molecular weight excluding hydrogens is 364 g/mol. The van der Waals surface area contributed by atoms with Gasteiger partial charge in [0.15, 0.2) is 0 Å². The van der Waals surface area contributed by atoms with E-state index >= 15 is 0 Å². The van der Waals surface area contributed by atoms with Crippen molar-refractivity contribution in [1.29, 1.82) is 0 Å². The first-order valence-corrected chi connectivity index (χ1v) is 13.9. The molecule has 0 N–H and O–H groups in total. The third kappa shape index (κ3) is 2.63. The van der Waals surface area contributed by atoms with Crippen molar-refractivity contribution in [3.63, 3.8) is 0 Å². The lowest BCUT2D eigenvalue weighted by atomic mass is 9.44. The molecule has 5 saturated carbocycles. The molecule has 0 amide bonds. The Morgan fingerprint density at radius 3 is 2.13 bits per heavy atom. The van der Waals surface area contributed by atoms with E-state index in [2.05, 4.69) is 34.6 Å². The van der Waals surface area contributed by atoms with Gasteiger partial charge in [0.2, 0.25) is 0 Å². The van der Waals surface area contributed by atoms with Gasteiger partial charge >= 0.3 is 0 Å². The van der Waals surface area contributed by atoms with Crippen LogP contribution < -0.4 is 0 Å². The second kappa shape index (κ2) is 6.74. The summed E-state index contributed by atoms with van der Waals surface area (Å²) < 4.78 is 7.16. The fourth-order valence-electron chi connectivity index (χ4n) is 11.1. The normalized spacial score (nSPS) is 62.5. The molecule has 6 aliphatic rings. The highest BCUT2D eigenvalue weighted by molar-refractivity contribution is 5.16. The molecule has 1 nitrogen and oxygen atoms in total. The van der Waals surface area contributed by atoms with Crippen molar-refractivity contribution >= 4 is 0 Å². The summed E-state index contributed by atoms with van der Waals surface area (Å²) >= 11 is 0. The smallest absolute Gasteiger partial charge is 0.0715 e. The minimum atomic E-state index is 0.246. The van der Waals surface area contributed by atoms with Crippen molar-refractivity contribution in [2.75, 3.05) is 0 Å². The van der Waals surface area contributed by atoms with Gasteiger partial charge in [-0.15, -0.1) is 0 Å². The van der Waals surface area contributed by atoms with Crippen molar-refractivity contribution in [2.45, 2.75) is 123 Å². The zero-order valence-corrected chi connectivity index (χ0v) is 20.6. The molecule has 1 aliphatic heterocycles. The summed E-state index contributed by atoms with van der Waals surface area (Å²) in [4.78, 5) is 0. The molecule has 1 saturated heterocycles. The van der Waals surface area contributed by atoms with E-state index in [0.29, 0.717) is 16.9 Å². The second-order valence-corrected chi connectivity index (χ2v) is 14.0. The third-order valence-electron chi connectivity index (χ3n) is 12.9. The molecule has 6 rings (SSSR count). The Balaban J connectivity index is 1.26. The summed E-state index contributed by atoms with van der Waals surface area (Å²) in [6.45, 7) is 13.1. The Kier molecular flexibility index (Phi) is 4.62. The maximum absolute atomic E-state index is 7.16. The maximum Gasteiger partial charge on any atom is 0.0715 e. The molecule has 6 fully saturated rings. The fourth-order valence-corrected chi connectivity index (χ4v) is 11.1. The van der Waals surface area contributed by atoms with Crippen LogP contribution in [0.5, 0.6) is 0 Å². The van der Waals surface area contributed by atoms with Crippen molar-refractivity contribution in [1.82, 2.24) is 0 Å². The van der Waals surface area contributed by atoms with Crippen molar-refractivity contribution < 1.29 is 4.74 Å². The van der Waals surface area contributed by atoms with E-state index in [0.717, 1.165) is 47.3 Å². The van der Waals surface area contributed by atoms with Crippen LogP contribution in [0, 0.1) is 58.2 Å². The van der Waals surface area contributed by atoms with Crippen molar-refractivity contribution in [3.05, 3.63) is 0 Å². The van der Waals surface area contributed by atoms with E-state index in [1.54, 1.807) is 0 Å².